The maximum Gasteiger partial charge on any atom is 0.0409 e. The van der Waals surface area contributed by atoms with Gasteiger partial charge < -0.3 is 5.73 Å². The first kappa shape index (κ1) is 8.54. The van der Waals surface area contributed by atoms with Crippen molar-refractivity contribution in [2.45, 2.75) is 18.4 Å². The molecule has 0 aromatic heterocycles. The van der Waals surface area contributed by atoms with Crippen LogP contribution >= 0.6 is 27.5 Å². The molecule has 0 spiro atoms. The molecule has 1 aliphatic carbocycles. The van der Waals surface area contributed by atoms with Crippen molar-refractivity contribution in [1.29, 1.82) is 0 Å². The van der Waals surface area contributed by atoms with E-state index in [1.165, 1.54) is 5.56 Å². The Labute approximate surface area is 85.0 Å². The third kappa shape index (κ3) is 1.51. The Hall–Kier alpha value is -0.0500. The molecule has 2 rings (SSSR count). The highest BCUT2D eigenvalue weighted by atomic mass is 79.9. The lowest BCUT2D eigenvalue weighted by molar-refractivity contribution is 0.986. The first-order valence-corrected chi connectivity index (χ1v) is 5.06. The van der Waals surface area contributed by atoms with Gasteiger partial charge in [-0.25, -0.2) is 0 Å². The van der Waals surface area contributed by atoms with Crippen LogP contribution in [0.25, 0.3) is 0 Å². The fourth-order valence-corrected chi connectivity index (χ4v) is 2.09. The van der Waals surface area contributed by atoms with Gasteiger partial charge in [-0.05, 0) is 30.2 Å². The maximum absolute atomic E-state index is 5.87. The predicted octanol–water partition coefficient (Wildman–Crippen LogP) is 2.92. The van der Waals surface area contributed by atoms with E-state index < -0.39 is 0 Å². The molecule has 0 amide bonds. The molecule has 3 heteroatoms. The van der Waals surface area contributed by atoms with Crippen molar-refractivity contribution < 1.29 is 0 Å². The second kappa shape index (κ2) is 3.02. The average molecular weight is 247 g/mol. The number of halogens is 2. The van der Waals surface area contributed by atoms with Gasteiger partial charge in [0.05, 0.1) is 0 Å². The lowest BCUT2D eigenvalue weighted by Gasteiger charge is -2.02. The van der Waals surface area contributed by atoms with E-state index >= 15 is 0 Å². The van der Waals surface area contributed by atoms with Crippen molar-refractivity contribution >= 4 is 27.5 Å². The summed E-state index contributed by atoms with van der Waals surface area (Å²) in [5.41, 5.74) is 7.00. The number of nitrogens with two attached hydrogens (primary N) is 1. The molecule has 0 saturated heterocycles. The topological polar surface area (TPSA) is 26.0 Å². The molecular formula is C9H9BrClN. The smallest absolute Gasteiger partial charge is 0.0409 e. The molecule has 12 heavy (non-hydrogen) atoms. The lowest BCUT2D eigenvalue weighted by atomic mass is 10.1. The van der Waals surface area contributed by atoms with Crippen LogP contribution in [0.4, 0.5) is 0 Å². The minimum Gasteiger partial charge on any atom is -0.327 e. The summed E-state index contributed by atoms with van der Waals surface area (Å²) in [4.78, 5) is 0. The SMILES string of the molecule is NC1CC1c1cc(Cl)ccc1Br. The van der Waals surface area contributed by atoms with Crippen LogP contribution in [0.2, 0.25) is 5.02 Å². The molecule has 0 radical (unpaired) electrons. The van der Waals surface area contributed by atoms with Gasteiger partial charge in [0.1, 0.15) is 0 Å². The van der Waals surface area contributed by atoms with Gasteiger partial charge in [-0.1, -0.05) is 27.5 Å². The molecule has 2 N–H and O–H groups in total. The van der Waals surface area contributed by atoms with Crippen molar-refractivity contribution in [2.75, 3.05) is 0 Å². The zero-order valence-electron chi connectivity index (χ0n) is 6.43. The van der Waals surface area contributed by atoms with Gasteiger partial charge in [0.15, 0.2) is 0 Å². The predicted molar refractivity (Wildman–Crippen MR) is 54.5 cm³/mol. The van der Waals surface area contributed by atoms with Crippen molar-refractivity contribution in [1.82, 2.24) is 0 Å². The fraction of sp³-hybridized carbons (Fsp3) is 0.333. The highest BCUT2D eigenvalue weighted by Gasteiger charge is 2.36. The molecular weight excluding hydrogens is 237 g/mol. The maximum atomic E-state index is 5.87. The molecule has 2 atom stereocenters. The van der Waals surface area contributed by atoms with Crippen LogP contribution in [0.15, 0.2) is 22.7 Å². The largest absolute Gasteiger partial charge is 0.327 e. The summed E-state index contributed by atoms with van der Waals surface area (Å²) in [5.74, 6) is 0.512. The van der Waals surface area contributed by atoms with Gasteiger partial charge in [0.25, 0.3) is 0 Å². The van der Waals surface area contributed by atoms with Crippen LogP contribution in [0.5, 0.6) is 0 Å². The molecule has 1 aromatic carbocycles. The number of hydrogen-bond donors (Lipinski definition) is 1. The van der Waals surface area contributed by atoms with Crippen LogP contribution in [0.1, 0.15) is 17.9 Å². The highest BCUT2D eigenvalue weighted by Crippen LogP contribution is 2.42. The zero-order valence-corrected chi connectivity index (χ0v) is 8.77. The Kier molecular flexibility index (Phi) is 2.15. The van der Waals surface area contributed by atoms with E-state index in [1.54, 1.807) is 0 Å². The Morgan fingerprint density at radius 1 is 1.50 bits per heavy atom. The fourth-order valence-electron chi connectivity index (χ4n) is 1.37. The summed E-state index contributed by atoms with van der Waals surface area (Å²) in [6.45, 7) is 0. The lowest BCUT2D eigenvalue weighted by Crippen LogP contribution is -2.01. The first-order chi connectivity index (χ1) is 5.68. The van der Waals surface area contributed by atoms with Crippen LogP contribution in [0.3, 0.4) is 0 Å². The van der Waals surface area contributed by atoms with Crippen molar-refractivity contribution in [3.63, 3.8) is 0 Å². The molecule has 1 nitrogen and oxygen atoms in total. The van der Waals surface area contributed by atoms with E-state index in [4.69, 9.17) is 17.3 Å². The minimum atomic E-state index is 0.333. The van der Waals surface area contributed by atoms with Gasteiger partial charge in [0, 0.05) is 21.5 Å². The summed E-state index contributed by atoms with van der Waals surface area (Å²) in [6, 6.07) is 6.18. The molecule has 64 valence electrons. The zero-order chi connectivity index (χ0) is 8.72. The Morgan fingerprint density at radius 2 is 2.17 bits per heavy atom. The number of rotatable bonds is 1. The van der Waals surface area contributed by atoms with Crippen LogP contribution in [0, 0.1) is 0 Å². The molecule has 1 fully saturated rings. The minimum absolute atomic E-state index is 0.333. The van der Waals surface area contributed by atoms with Gasteiger partial charge in [-0.2, -0.15) is 0 Å². The Morgan fingerprint density at radius 3 is 2.75 bits per heavy atom. The number of hydrogen-bond acceptors (Lipinski definition) is 1. The van der Waals surface area contributed by atoms with E-state index in [9.17, 15) is 0 Å². The average Bonchev–Trinajstić information content (AvgIpc) is 2.73. The van der Waals surface area contributed by atoms with Gasteiger partial charge in [-0.15, -0.1) is 0 Å². The summed E-state index contributed by atoms with van der Waals surface area (Å²) < 4.78 is 1.12. The van der Waals surface area contributed by atoms with Crippen LogP contribution in [-0.4, -0.2) is 6.04 Å². The quantitative estimate of drug-likeness (QED) is 0.810. The van der Waals surface area contributed by atoms with Crippen molar-refractivity contribution in [3.8, 4) is 0 Å². The van der Waals surface area contributed by atoms with Gasteiger partial charge in [0.2, 0.25) is 0 Å². The van der Waals surface area contributed by atoms with E-state index in [-0.39, 0.29) is 0 Å². The molecule has 1 saturated carbocycles. The van der Waals surface area contributed by atoms with E-state index in [1.807, 2.05) is 18.2 Å². The molecule has 0 bridgehead atoms. The molecule has 1 aliphatic rings. The van der Waals surface area contributed by atoms with Gasteiger partial charge >= 0.3 is 0 Å². The molecule has 1 aromatic rings. The van der Waals surface area contributed by atoms with Crippen molar-refractivity contribution in [2.24, 2.45) is 5.73 Å². The third-order valence-corrected chi connectivity index (χ3v) is 3.15. The van der Waals surface area contributed by atoms with Gasteiger partial charge in [-0.3, -0.25) is 0 Å². The standard InChI is InChI=1S/C9H9BrClN/c10-8-2-1-5(11)3-6(8)7-4-9(7)12/h1-3,7,9H,4,12H2. The number of benzene rings is 1. The van der Waals surface area contributed by atoms with E-state index in [2.05, 4.69) is 15.9 Å². The molecule has 2 unspecified atom stereocenters. The van der Waals surface area contributed by atoms with E-state index in [0.29, 0.717) is 12.0 Å². The Bertz CT molecular complexity index is 313. The van der Waals surface area contributed by atoms with E-state index in [0.717, 1.165) is 15.9 Å². The monoisotopic (exact) mass is 245 g/mol. The third-order valence-electron chi connectivity index (χ3n) is 2.20. The first-order valence-electron chi connectivity index (χ1n) is 3.89. The second-order valence-corrected chi connectivity index (χ2v) is 4.46. The van der Waals surface area contributed by atoms with Crippen LogP contribution < -0.4 is 5.73 Å². The second-order valence-electron chi connectivity index (χ2n) is 3.17. The summed E-state index contributed by atoms with van der Waals surface area (Å²) >= 11 is 9.36. The Balaban J connectivity index is 2.36. The molecule has 0 heterocycles. The normalized spacial score (nSPS) is 27.2. The molecule has 0 aliphatic heterocycles. The summed E-state index contributed by atoms with van der Waals surface area (Å²) in [6.07, 6.45) is 1.08. The summed E-state index contributed by atoms with van der Waals surface area (Å²) in [5, 5.41) is 0.785. The van der Waals surface area contributed by atoms with Crippen LogP contribution in [-0.2, 0) is 0 Å². The highest BCUT2D eigenvalue weighted by molar-refractivity contribution is 9.10. The summed E-state index contributed by atoms with van der Waals surface area (Å²) in [7, 11) is 0. The van der Waals surface area contributed by atoms with Crippen molar-refractivity contribution in [3.05, 3.63) is 33.3 Å².